The number of aromatic nitrogens is 3. The van der Waals surface area contributed by atoms with Crippen molar-refractivity contribution in [1.29, 1.82) is 0 Å². The van der Waals surface area contributed by atoms with Gasteiger partial charge >= 0.3 is 0 Å². The lowest BCUT2D eigenvalue weighted by atomic mass is 9.86. The fourth-order valence-corrected chi connectivity index (χ4v) is 4.06. The van der Waals surface area contributed by atoms with E-state index in [0.29, 0.717) is 17.5 Å². The predicted molar refractivity (Wildman–Crippen MR) is 80.4 cm³/mol. The van der Waals surface area contributed by atoms with Crippen LogP contribution in [0.4, 0.5) is 5.82 Å². The molecule has 0 aliphatic heterocycles. The molecule has 6 nitrogen and oxygen atoms in total. The van der Waals surface area contributed by atoms with E-state index >= 15 is 0 Å². The Hall–Kier alpha value is -2.11. The van der Waals surface area contributed by atoms with E-state index in [-0.39, 0.29) is 12.3 Å². The van der Waals surface area contributed by atoms with Gasteiger partial charge in [0, 0.05) is 23.7 Å². The number of hydrogen-bond acceptors (Lipinski definition) is 4. The van der Waals surface area contributed by atoms with Gasteiger partial charge in [-0.15, -0.1) is 0 Å². The summed E-state index contributed by atoms with van der Waals surface area (Å²) in [4.78, 5) is 12.0. The van der Waals surface area contributed by atoms with E-state index in [0.717, 1.165) is 23.2 Å². The van der Waals surface area contributed by atoms with E-state index in [1.54, 1.807) is 6.07 Å². The van der Waals surface area contributed by atoms with E-state index in [2.05, 4.69) is 20.7 Å². The number of hydrogen-bond donors (Lipinski definition) is 2. The molecule has 0 saturated heterocycles. The maximum atomic E-state index is 12.0. The fraction of sp³-hybridized carbons (Fsp3) is 0.562. The molecule has 2 saturated carbocycles. The molecule has 1 amide bonds. The first kappa shape index (κ1) is 13.5. The lowest BCUT2D eigenvalue weighted by molar-refractivity contribution is -0.115. The summed E-state index contributed by atoms with van der Waals surface area (Å²) in [5.41, 5.74) is 1.94. The predicted octanol–water partition coefficient (Wildman–Crippen LogP) is 2.79. The Kier molecular flexibility index (Phi) is 3.24. The first-order chi connectivity index (χ1) is 10.7. The molecule has 6 heteroatoms. The molecule has 2 N–H and O–H groups in total. The summed E-state index contributed by atoms with van der Waals surface area (Å²) >= 11 is 0. The van der Waals surface area contributed by atoms with Crippen molar-refractivity contribution >= 4 is 11.7 Å². The molecule has 3 atom stereocenters. The second-order valence-electron chi connectivity index (χ2n) is 6.65. The normalized spacial score (nSPS) is 26.5. The van der Waals surface area contributed by atoms with Crippen molar-refractivity contribution in [3.8, 4) is 0 Å². The summed E-state index contributed by atoms with van der Waals surface area (Å²) in [6, 6.07) is 3.75. The van der Waals surface area contributed by atoms with Crippen LogP contribution >= 0.6 is 0 Å². The van der Waals surface area contributed by atoms with Crippen molar-refractivity contribution in [3.63, 3.8) is 0 Å². The lowest BCUT2D eigenvalue weighted by Gasteiger charge is -2.19. The fourth-order valence-electron chi connectivity index (χ4n) is 4.06. The van der Waals surface area contributed by atoms with Crippen LogP contribution in [0, 0.1) is 18.8 Å². The van der Waals surface area contributed by atoms with Gasteiger partial charge in [0.1, 0.15) is 5.76 Å². The summed E-state index contributed by atoms with van der Waals surface area (Å²) in [6.07, 6.45) is 5.52. The van der Waals surface area contributed by atoms with Crippen molar-refractivity contribution in [2.45, 2.75) is 44.9 Å². The monoisotopic (exact) mass is 300 g/mol. The Morgan fingerprint density at radius 2 is 2.32 bits per heavy atom. The van der Waals surface area contributed by atoms with Crippen molar-refractivity contribution < 1.29 is 9.32 Å². The Morgan fingerprint density at radius 1 is 1.41 bits per heavy atom. The first-order valence-corrected chi connectivity index (χ1v) is 7.94. The van der Waals surface area contributed by atoms with Gasteiger partial charge in [-0.3, -0.25) is 9.89 Å². The minimum atomic E-state index is -0.137. The average Bonchev–Trinajstić information content (AvgIpc) is 3.23. The molecule has 2 heterocycles. The number of fused-ring (bicyclic) bond motifs is 2. The molecule has 4 rings (SSSR count). The van der Waals surface area contributed by atoms with Crippen molar-refractivity contribution in [3.05, 3.63) is 29.3 Å². The zero-order valence-corrected chi connectivity index (χ0v) is 12.6. The first-order valence-electron chi connectivity index (χ1n) is 7.94. The highest BCUT2D eigenvalue weighted by atomic mass is 16.5. The van der Waals surface area contributed by atoms with Crippen LogP contribution in [0.15, 0.2) is 16.7 Å². The quantitative estimate of drug-likeness (QED) is 0.909. The van der Waals surface area contributed by atoms with E-state index in [1.165, 1.54) is 25.7 Å². The standard InChI is InChI=1S/C16H20N4O2/c1-9-4-12(22-20-9)7-16(21)17-15-8-14(18-19-15)13-6-10-2-3-11(13)5-10/h4,8,10-11,13H,2-3,5-7H2,1H3,(H2,17,18,19,21). The molecule has 2 aromatic heterocycles. The molecule has 2 aliphatic rings. The molecule has 0 spiro atoms. The van der Waals surface area contributed by atoms with Crippen molar-refractivity contribution in [1.82, 2.24) is 15.4 Å². The third-order valence-electron chi connectivity index (χ3n) is 5.01. The van der Waals surface area contributed by atoms with Crippen LogP contribution in [0.5, 0.6) is 0 Å². The minimum Gasteiger partial charge on any atom is -0.361 e. The van der Waals surface area contributed by atoms with Crippen LogP contribution < -0.4 is 5.32 Å². The van der Waals surface area contributed by atoms with Gasteiger partial charge in [-0.1, -0.05) is 11.6 Å². The Bertz CT molecular complexity index is 690. The number of aromatic amines is 1. The number of carbonyl (C=O) groups excluding carboxylic acids is 1. The van der Waals surface area contributed by atoms with Gasteiger partial charge in [0.2, 0.25) is 5.91 Å². The van der Waals surface area contributed by atoms with E-state index in [1.807, 2.05) is 13.0 Å². The minimum absolute atomic E-state index is 0.137. The molecular weight excluding hydrogens is 280 g/mol. The molecule has 0 aromatic carbocycles. The van der Waals surface area contributed by atoms with Crippen LogP contribution in [0.2, 0.25) is 0 Å². The third-order valence-corrected chi connectivity index (χ3v) is 5.01. The number of rotatable bonds is 4. The molecule has 2 aliphatic carbocycles. The van der Waals surface area contributed by atoms with Gasteiger partial charge in [0.25, 0.3) is 0 Å². The van der Waals surface area contributed by atoms with Crippen LogP contribution in [0.3, 0.4) is 0 Å². The van der Waals surface area contributed by atoms with Gasteiger partial charge < -0.3 is 9.84 Å². The number of amides is 1. The van der Waals surface area contributed by atoms with Gasteiger partial charge in [0.05, 0.1) is 12.1 Å². The highest BCUT2D eigenvalue weighted by Crippen LogP contribution is 2.52. The highest BCUT2D eigenvalue weighted by Gasteiger charge is 2.40. The smallest absolute Gasteiger partial charge is 0.233 e. The molecule has 2 bridgehead atoms. The number of nitrogens with zero attached hydrogens (tertiary/aromatic N) is 2. The summed E-state index contributed by atoms with van der Waals surface area (Å²) < 4.78 is 5.05. The molecular formula is C16H20N4O2. The zero-order valence-electron chi connectivity index (χ0n) is 12.6. The second kappa shape index (κ2) is 5.26. The molecule has 3 unspecified atom stereocenters. The molecule has 2 aromatic rings. The molecule has 22 heavy (non-hydrogen) atoms. The number of H-pyrrole nitrogens is 1. The lowest BCUT2D eigenvalue weighted by Crippen LogP contribution is -2.14. The van der Waals surface area contributed by atoms with Crippen LogP contribution in [-0.4, -0.2) is 21.3 Å². The Balaban J connectivity index is 1.38. The number of nitrogens with one attached hydrogen (secondary N) is 2. The zero-order chi connectivity index (χ0) is 15.1. The van der Waals surface area contributed by atoms with E-state index in [9.17, 15) is 4.79 Å². The van der Waals surface area contributed by atoms with Crippen LogP contribution in [0.1, 0.15) is 48.7 Å². The maximum Gasteiger partial charge on any atom is 0.233 e. The average molecular weight is 300 g/mol. The molecule has 2 fully saturated rings. The number of anilines is 1. The Morgan fingerprint density at radius 3 is 3.00 bits per heavy atom. The maximum absolute atomic E-state index is 12.0. The number of carbonyl (C=O) groups is 1. The van der Waals surface area contributed by atoms with E-state index in [4.69, 9.17) is 4.52 Å². The van der Waals surface area contributed by atoms with Crippen molar-refractivity contribution in [2.75, 3.05) is 5.32 Å². The summed E-state index contributed by atoms with van der Waals surface area (Å²) in [7, 11) is 0. The number of aryl methyl sites for hydroxylation is 1. The third kappa shape index (κ3) is 2.53. The molecule has 116 valence electrons. The highest BCUT2D eigenvalue weighted by molar-refractivity contribution is 5.91. The topological polar surface area (TPSA) is 83.8 Å². The van der Waals surface area contributed by atoms with Crippen LogP contribution in [-0.2, 0) is 11.2 Å². The van der Waals surface area contributed by atoms with Crippen molar-refractivity contribution in [2.24, 2.45) is 11.8 Å². The van der Waals surface area contributed by atoms with Gasteiger partial charge in [-0.2, -0.15) is 5.10 Å². The molecule has 0 radical (unpaired) electrons. The SMILES string of the molecule is Cc1cc(CC(=O)Nc2cc(C3CC4CCC3C4)[nH]n2)on1. The largest absolute Gasteiger partial charge is 0.361 e. The summed E-state index contributed by atoms with van der Waals surface area (Å²) in [6.45, 7) is 1.83. The summed E-state index contributed by atoms with van der Waals surface area (Å²) in [5, 5.41) is 13.9. The van der Waals surface area contributed by atoms with Gasteiger partial charge in [-0.25, -0.2) is 0 Å². The van der Waals surface area contributed by atoms with Gasteiger partial charge in [-0.05, 0) is 38.0 Å². The van der Waals surface area contributed by atoms with Gasteiger partial charge in [0.15, 0.2) is 5.82 Å². The Labute approximate surface area is 128 Å². The van der Waals surface area contributed by atoms with E-state index < -0.39 is 0 Å². The summed E-state index contributed by atoms with van der Waals surface area (Å²) in [5.74, 6) is 3.31. The van der Waals surface area contributed by atoms with Crippen LogP contribution in [0.25, 0.3) is 0 Å². The second-order valence-corrected chi connectivity index (χ2v) is 6.65.